The van der Waals surface area contributed by atoms with Gasteiger partial charge >= 0.3 is 0 Å². The molecule has 1 amide bonds. The molecule has 23 heavy (non-hydrogen) atoms. The van der Waals surface area contributed by atoms with Crippen LogP contribution >= 0.6 is 15.9 Å². The predicted molar refractivity (Wildman–Crippen MR) is 94.9 cm³/mol. The number of aliphatic hydroxyl groups excluding tert-OH is 1. The van der Waals surface area contributed by atoms with Gasteiger partial charge in [0.15, 0.2) is 0 Å². The van der Waals surface area contributed by atoms with Crippen molar-refractivity contribution >= 4 is 27.5 Å². The molecule has 0 radical (unpaired) electrons. The van der Waals surface area contributed by atoms with Crippen LogP contribution in [0.3, 0.4) is 0 Å². The Bertz CT molecular complexity index is 733. The second kappa shape index (κ2) is 6.72. The Balaban J connectivity index is 1.65. The molecule has 0 saturated carbocycles. The van der Waals surface area contributed by atoms with Gasteiger partial charge < -0.3 is 15.3 Å². The minimum atomic E-state index is -0.711. The molecule has 3 rings (SSSR count). The molecule has 1 aliphatic heterocycles. The quantitative estimate of drug-likeness (QED) is 0.864. The van der Waals surface area contributed by atoms with Crippen LogP contribution in [0.2, 0.25) is 0 Å². The van der Waals surface area contributed by atoms with Gasteiger partial charge in [0.2, 0.25) is 0 Å². The summed E-state index contributed by atoms with van der Waals surface area (Å²) in [7, 11) is 2.07. The number of amides is 1. The van der Waals surface area contributed by atoms with Crippen LogP contribution in [0.25, 0.3) is 0 Å². The molecule has 0 aliphatic carbocycles. The van der Waals surface area contributed by atoms with Crippen molar-refractivity contribution in [2.75, 3.05) is 25.0 Å². The Morgan fingerprint density at radius 3 is 2.91 bits per heavy atom. The minimum absolute atomic E-state index is 0.189. The molecular formula is C18H19BrN2O2. The Hall–Kier alpha value is -1.85. The maximum atomic E-state index is 12.2. The van der Waals surface area contributed by atoms with Gasteiger partial charge in [-0.1, -0.05) is 24.3 Å². The van der Waals surface area contributed by atoms with E-state index in [9.17, 15) is 9.90 Å². The van der Waals surface area contributed by atoms with Crippen molar-refractivity contribution in [1.29, 1.82) is 0 Å². The zero-order chi connectivity index (χ0) is 16.4. The highest BCUT2D eigenvalue weighted by atomic mass is 79.9. The molecule has 5 heteroatoms. The lowest BCUT2D eigenvalue weighted by Crippen LogP contribution is -2.28. The summed E-state index contributed by atoms with van der Waals surface area (Å²) in [6, 6.07) is 13.2. The summed E-state index contributed by atoms with van der Waals surface area (Å²) in [5, 5.41) is 13.1. The molecule has 2 aromatic rings. The maximum absolute atomic E-state index is 12.2. The average Bonchev–Trinajstić information content (AvgIpc) is 2.93. The van der Waals surface area contributed by atoms with Gasteiger partial charge in [0.25, 0.3) is 5.91 Å². The Kier molecular flexibility index (Phi) is 4.68. The van der Waals surface area contributed by atoms with E-state index >= 15 is 0 Å². The first-order chi connectivity index (χ1) is 11.1. The van der Waals surface area contributed by atoms with Crippen LogP contribution in [0, 0.1) is 0 Å². The van der Waals surface area contributed by atoms with Gasteiger partial charge in [0, 0.05) is 30.3 Å². The summed E-state index contributed by atoms with van der Waals surface area (Å²) in [5.41, 5.74) is 3.88. The van der Waals surface area contributed by atoms with E-state index in [1.165, 1.54) is 11.3 Å². The van der Waals surface area contributed by atoms with Crippen LogP contribution in [-0.2, 0) is 6.42 Å². The van der Waals surface area contributed by atoms with E-state index in [4.69, 9.17) is 0 Å². The van der Waals surface area contributed by atoms with Crippen molar-refractivity contribution in [2.24, 2.45) is 0 Å². The van der Waals surface area contributed by atoms with Crippen molar-refractivity contribution in [1.82, 2.24) is 5.32 Å². The lowest BCUT2D eigenvalue weighted by molar-refractivity contribution is 0.0915. The van der Waals surface area contributed by atoms with Crippen molar-refractivity contribution in [2.45, 2.75) is 12.5 Å². The fourth-order valence-electron chi connectivity index (χ4n) is 2.84. The fraction of sp³-hybridized carbons (Fsp3) is 0.278. The molecule has 0 saturated heterocycles. The monoisotopic (exact) mass is 374 g/mol. The van der Waals surface area contributed by atoms with Crippen LogP contribution in [0.15, 0.2) is 46.9 Å². The Morgan fingerprint density at radius 1 is 1.35 bits per heavy atom. The number of halogens is 1. The first-order valence-corrected chi connectivity index (χ1v) is 8.40. The van der Waals surface area contributed by atoms with Gasteiger partial charge in [-0.15, -0.1) is 0 Å². The van der Waals surface area contributed by atoms with Gasteiger partial charge in [-0.3, -0.25) is 4.79 Å². The number of nitrogens with zero attached hydrogens (tertiary/aromatic N) is 1. The summed E-state index contributed by atoms with van der Waals surface area (Å²) in [4.78, 5) is 14.4. The third-order valence-electron chi connectivity index (χ3n) is 4.19. The number of benzene rings is 2. The molecule has 1 heterocycles. The smallest absolute Gasteiger partial charge is 0.252 e. The van der Waals surface area contributed by atoms with Gasteiger partial charge in [-0.2, -0.15) is 0 Å². The van der Waals surface area contributed by atoms with Gasteiger partial charge in [-0.05, 0) is 51.7 Å². The Morgan fingerprint density at radius 2 is 2.13 bits per heavy atom. The van der Waals surface area contributed by atoms with E-state index in [0.717, 1.165) is 23.0 Å². The number of hydrogen-bond acceptors (Lipinski definition) is 3. The SMILES string of the molecule is CN1CCc2cc(C(O)CNC(=O)c3ccccc3Br)ccc21. The van der Waals surface area contributed by atoms with Crippen molar-refractivity contribution in [3.63, 3.8) is 0 Å². The summed E-state index contributed by atoms with van der Waals surface area (Å²) in [6.45, 7) is 1.20. The standard InChI is InChI=1S/C18H19BrN2O2/c1-21-9-8-12-10-13(6-7-16(12)21)17(22)11-20-18(23)14-4-2-3-5-15(14)19/h2-7,10,17,22H,8-9,11H2,1H3,(H,20,23). The van der Waals surface area contributed by atoms with E-state index in [1.54, 1.807) is 6.07 Å². The lowest BCUT2D eigenvalue weighted by Gasteiger charge is -2.16. The van der Waals surface area contributed by atoms with E-state index in [1.807, 2.05) is 36.4 Å². The van der Waals surface area contributed by atoms with Crippen molar-refractivity contribution in [3.05, 3.63) is 63.6 Å². The third kappa shape index (κ3) is 3.41. The molecule has 2 aromatic carbocycles. The van der Waals surface area contributed by atoms with Crippen LogP contribution in [0.1, 0.15) is 27.6 Å². The summed E-state index contributed by atoms with van der Waals surface area (Å²) in [6.07, 6.45) is 0.285. The van der Waals surface area contributed by atoms with E-state index in [0.29, 0.717) is 5.56 Å². The number of likely N-dealkylation sites (N-methyl/N-ethyl adjacent to an activating group) is 1. The molecule has 0 aromatic heterocycles. The second-order valence-electron chi connectivity index (χ2n) is 5.77. The normalized spacial score (nSPS) is 14.5. The highest BCUT2D eigenvalue weighted by molar-refractivity contribution is 9.10. The van der Waals surface area contributed by atoms with E-state index < -0.39 is 6.10 Å². The fourth-order valence-corrected chi connectivity index (χ4v) is 3.31. The van der Waals surface area contributed by atoms with Crippen LogP contribution in [-0.4, -0.2) is 31.2 Å². The Labute approximate surface area is 144 Å². The molecule has 1 aliphatic rings. The van der Waals surface area contributed by atoms with Gasteiger partial charge in [0.05, 0.1) is 11.7 Å². The molecule has 2 N–H and O–H groups in total. The zero-order valence-corrected chi connectivity index (χ0v) is 14.5. The predicted octanol–water partition coefficient (Wildman–Crippen LogP) is 2.90. The summed E-state index contributed by atoms with van der Waals surface area (Å²) < 4.78 is 0.743. The maximum Gasteiger partial charge on any atom is 0.252 e. The molecule has 120 valence electrons. The number of carbonyl (C=O) groups excluding carboxylic acids is 1. The number of nitrogens with one attached hydrogen (secondary N) is 1. The van der Waals surface area contributed by atoms with Crippen molar-refractivity contribution < 1.29 is 9.90 Å². The molecule has 1 atom stereocenters. The molecule has 1 unspecified atom stereocenters. The van der Waals surface area contributed by atoms with Crippen LogP contribution in [0.5, 0.6) is 0 Å². The molecule has 0 bridgehead atoms. The molecule has 4 nitrogen and oxygen atoms in total. The average molecular weight is 375 g/mol. The lowest BCUT2D eigenvalue weighted by atomic mass is 10.0. The highest BCUT2D eigenvalue weighted by Gasteiger charge is 2.18. The van der Waals surface area contributed by atoms with Crippen LogP contribution < -0.4 is 10.2 Å². The first-order valence-electron chi connectivity index (χ1n) is 7.61. The second-order valence-corrected chi connectivity index (χ2v) is 6.62. The molecule has 0 fully saturated rings. The number of fused-ring (bicyclic) bond motifs is 1. The molecule has 0 spiro atoms. The number of anilines is 1. The molecular weight excluding hydrogens is 356 g/mol. The number of carbonyl (C=O) groups is 1. The highest BCUT2D eigenvalue weighted by Crippen LogP contribution is 2.29. The zero-order valence-electron chi connectivity index (χ0n) is 12.9. The summed E-state index contributed by atoms with van der Waals surface area (Å²) in [5.74, 6) is -0.197. The topological polar surface area (TPSA) is 52.6 Å². The van der Waals surface area contributed by atoms with Gasteiger partial charge in [0.1, 0.15) is 0 Å². The van der Waals surface area contributed by atoms with E-state index in [-0.39, 0.29) is 12.5 Å². The van der Waals surface area contributed by atoms with E-state index in [2.05, 4.69) is 33.2 Å². The summed E-state index contributed by atoms with van der Waals surface area (Å²) >= 11 is 3.36. The third-order valence-corrected chi connectivity index (χ3v) is 4.88. The van der Waals surface area contributed by atoms with Gasteiger partial charge in [-0.25, -0.2) is 0 Å². The first kappa shape index (κ1) is 16.0. The van der Waals surface area contributed by atoms with Crippen LogP contribution in [0.4, 0.5) is 5.69 Å². The minimum Gasteiger partial charge on any atom is -0.387 e. The van der Waals surface area contributed by atoms with Crippen molar-refractivity contribution in [3.8, 4) is 0 Å². The largest absolute Gasteiger partial charge is 0.387 e. The number of rotatable bonds is 4. The number of hydrogen-bond donors (Lipinski definition) is 2. The number of aliphatic hydroxyl groups is 1.